The number of hydrogen-bond donors (Lipinski definition) is 1. The minimum atomic E-state index is -4.37. The largest absolute Gasteiger partial charge is 0.416 e. The van der Waals surface area contributed by atoms with E-state index in [0.717, 1.165) is 12.1 Å². The molecule has 8 heteroatoms. The standard InChI is InChI=1S/C16H15F3N4O/c1-8(10-4-6-11(7-5-10)16(17,18)19)12-13-14(23(3)22-12)15(24)21-9(2)20-13/h4-8H,1-3H3,(H,20,21,24). The number of aryl methyl sites for hydroxylation is 2. The highest BCUT2D eigenvalue weighted by molar-refractivity contribution is 5.77. The van der Waals surface area contributed by atoms with Gasteiger partial charge in [-0.05, 0) is 24.6 Å². The maximum Gasteiger partial charge on any atom is 0.416 e. The van der Waals surface area contributed by atoms with Crippen molar-refractivity contribution in [3.8, 4) is 0 Å². The number of H-pyrrole nitrogens is 1. The second kappa shape index (κ2) is 5.47. The van der Waals surface area contributed by atoms with Crippen LogP contribution in [0.5, 0.6) is 0 Å². The quantitative estimate of drug-likeness (QED) is 0.782. The smallest absolute Gasteiger partial charge is 0.309 e. The lowest BCUT2D eigenvalue weighted by Crippen LogP contribution is -2.12. The third-order valence-corrected chi connectivity index (χ3v) is 3.99. The molecule has 24 heavy (non-hydrogen) atoms. The molecular weight excluding hydrogens is 321 g/mol. The summed E-state index contributed by atoms with van der Waals surface area (Å²) in [6.45, 7) is 3.49. The summed E-state index contributed by atoms with van der Waals surface area (Å²) >= 11 is 0. The molecule has 1 aromatic carbocycles. The van der Waals surface area contributed by atoms with E-state index in [1.807, 2.05) is 6.92 Å². The normalized spacial score (nSPS) is 13.4. The van der Waals surface area contributed by atoms with Crippen molar-refractivity contribution >= 4 is 11.0 Å². The van der Waals surface area contributed by atoms with E-state index in [2.05, 4.69) is 15.1 Å². The van der Waals surface area contributed by atoms with Crippen LogP contribution in [0, 0.1) is 6.92 Å². The Hall–Kier alpha value is -2.64. The molecule has 2 aromatic heterocycles. The first-order valence-corrected chi connectivity index (χ1v) is 7.29. The number of aromatic nitrogens is 4. The lowest BCUT2D eigenvalue weighted by Gasteiger charge is -2.12. The van der Waals surface area contributed by atoms with E-state index in [9.17, 15) is 18.0 Å². The van der Waals surface area contributed by atoms with E-state index in [-0.39, 0.29) is 11.5 Å². The maximum absolute atomic E-state index is 12.7. The van der Waals surface area contributed by atoms with E-state index in [1.54, 1.807) is 14.0 Å². The van der Waals surface area contributed by atoms with Crippen LogP contribution in [-0.4, -0.2) is 19.7 Å². The summed E-state index contributed by atoms with van der Waals surface area (Å²) in [4.78, 5) is 19.0. The molecule has 0 aliphatic carbocycles. The summed E-state index contributed by atoms with van der Waals surface area (Å²) in [5.41, 5.74) is 1.04. The molecule has 0 fully saturated rings. The summed E-state index contributed by atoms with van der Waals surface area (Å²) < 4.78 is 39.5. The zero-order valence-corrected chi connectivity index (χ0v) is 13.3. The number of aromatic amines is 1. The molecule has 3 rings (SSSR count). The van der Waals surface area contributed by atoms with Crippen LogP contribution in [0.1, 0.15) is 35.5 Å². The summed E-state index contributed by atoms with van der Waals surface area (Å²) in [6, 6.07) is 4.94. The predicted molar refractivity (Wildman–Crippen MR) is 82.8 cm³/mol. The van der Waals surface area contributed by atoms with Crippen LogP contribution in [0.15, 0.2) is 29.1 Å². The number of nitrogens with one attached hydrogen (secondary N) is 1. The van der Waals surface area contributed by atoms with Crippen LogP contribution in [0.4, 0.5) is 13.2 Å². The molecule has 0 spiro atoms. The van der Waals surface area contributed by atoms with Gasteiger partial charge in [0.2, 0.25) is 0 Å². The van der Waals surface area contributed by atoms with Crippen LogP contribution < -0.4 is 5.56 Å². The van der Waals surface area contributed by atoms with Crippen molar-refractivity contribution in [2.24, 2.45) is 7.05 Å². The number of fused-ring (bicyclic) bond motifs is 1. The molecular formula is C16H15F3N4O. The highest BCUT2D eigenvalue weighted by Crippen LogP contribution is 2.32. The SMILES string of the molecule is Cc1nc2c(C(C)c3ccc(C(F)(F)F)cc3)nn(C)c2c(=O)[nH]1. The monoisotopic (exact) mass is 336 g/mol. The fourth-order valence-electron chi connectivity index (χ4n) is 2.73. The van der Waals surface area contributed by atoms with Crippen molar-refractivity contribution in [2.75, 3.05) is 0 Å². The van der Waals surface area contributed by atoms with E-state index in [4.69, 9.17) is 0 Å². The van der Waals surface area contributed by atoms with E-state index in [0.29, 0.717) is 28.1 Å². The minimum Gasteiger partial charge on any atom is -0.309 e. The Balaban J connectivity index is 2.09. The Morgan fingerprint density at radius 3 is 2.42 bits per heavy atom. The first-order chi connectivity index (χ1) is 11.2. The van der Waals surface area contributed by atoms with E-state index in [1.165, 1.54) is 16.8 Å². The number of halogens is 3. The van der Waals surface area contributed by atoms with Crippen molar-refractivity contribution in [2.45, 2.75) is 25.9 Å². The topological polar surface area (TPSA) is 63.6 Å². The molecule has 0 bridgehead atoms. The molecule has 0 amide bonds. The molecule has 126 valence electrons. The lowest BCUT2D eigenvalue weighted by atomic mass is 9.96. The van der Waals surface area contributed by atoms with Crippen LogP contribution in [0.3, 0.4) is 0 Å². The van der Waals surface area contributed by atoms with Gasteiger partial charge in [0.15, 0.2) is 5.52 Å². The summed E-state index contributed by atoms with van der Waals surface area (Å²) in [5.74, 6) is 0.158. The molecule has 0 saturated heterocycles. The molecule has 1 N–H and O–H groups in total. The molecule has 0 saturated carbocycles. The van der Waals surface area contributed by atoms with Gasteiger partial charge in [-0.25, -0.2) is 4.98 Å². The van der Waals surface area contributed by atoms with Gasteiger partial charge < -0.3 is 4.98 Å². The molecule has 0 aliphatic heterocycles. The Kier molecular flexibility index (Phi) is 3.70. The van der Waals surface area contributed by atoms with Gasteiger partial charge in [-0.15, -0.1) is 0 Å². The van der Waals surface area contributed by atoms with Crippen molar-refractivity contribution in [3.63, 3.8) is 0 Å². The zero-order valence-electron chi connectivity index (χ0n) is 13.3. The van der Waals surface area contributed by atoms with Gasteiger partial charge in [0.25, 0.3) is 5.56 Å². The van der Waals surface area contributed by atoms with Gasteiger partial charge in [0.05, 0.1) is 11.3 Å². The number of benzene rings is 1. The number of hydrogen-bond acceptors (Lipinski definition) is 3. The van der Waals surface area contributed by atoms with Gasteiger partial charge in [-0.3, -0.25) is 9.48 Å². The Bertz CT molecular complexity index is 954. The number of rotatable bonds is 2. The first kappa shape index (κ1) is 16.2. The van der Waals surface area contributed by atoms with E-state index >= 15 is 0 Å². The lowest BCUT2D eigenvalue weighted by molar-refractivity contribution is -0.137. The summed E-state index contributed by atoms with van der Waals surface area (Å²) in [6.07, 6.45) is -4.37. The Morgan fingerprint density at radius 1 is 1.21 bits per heavy atom. The fourth-order valence-corrected chi connectivity index (χ4v) is 2.73. The van der Waals surface area contributed by atoms with Crippen LogP contribution >= 0.6 is 0 Å². The van der Waals surface area contributed by atoms with Crippen LogP contribution in [-0.2, 0) is 13.2 Å². The highest BCUT2D eigenvalue weighted by atomic mass is 19.4. The molecule has 1 unspecified atom stereocenters. The molecule has 1 atom stereocenters. The van der Waals surface area contributed by atoms with Crippen LogP contribution in [0.2, 0.25) is 0 Å². The van der Waals surface area contributed by atoms with Crippen molar-refractivity contribution in [1.29, 1.82) is 0 Å². The van der Waals surface area contributed by atoms with Gasteiger partial charge >= 0.3 is 6.18 Å². The summed E-state index contributed by atoms with van der Waals surface area (Å²) in [5, 5.41) is 4.35. The van der Waals surface area contributed by atoms with Gasteiger partial charge in [-0.1, -0.05) is 19.1 Å². The highest BCUT2D eigenvalue weighted by Gasteiger charge is 2.30. The maximum atomic E-state index is 12.7. The second-order valence-electron chi connectivity index (χ2n) is 5.70. The van der Waals surface area contributed by atoms with Gasteiger partial charge in [-0.2, -0.15) is 18.3 Å². The van der Waals surface area contributed by atoms with Crippen molar-refractivity contribution in [1.82, 2.24) is 19.7 Å². The second-order valence-corrected chi connectivity index (χ2v) is 5.70. The number of nitrogens with zero attached hydrogens (tertiary/aromatic N) is 3. The van der Waals surface area contributed by atoms with Gasteiger partial charge in [0, 0.05) is 13.0 Å². The average molecular weight is 336 g/mol. The number of alkyl halides is 3. The molecule has 0 aliphatic rings. The van der Waals surface area contributed by atoms with Crippen LogP contribution in [0.25, 0.3) is 11.0 Å². The van der Waals surface area contributed by atoms with Crippen molar-refractivity contribution in [3.05, 3.63) is 57.3 Å². The van der Waals surface area contributed by atoms with Crippen molar-refractivity contribution < 1.29 is 13.2 Å². The third-order valence-electron chi connectivity index (χ3n) is 3.99. The molecule has 2 heterocycles. The predicted octanol–water partition coefficient (Wildman–Crippen LogP) is 3.14. The first-order valence-electron chi connectivity index (χ1n) is 7.29. The molecule has 3 aromatic rings. The Morgan fingerprint density at radius 2 is 1.83 bits per heavy atom. The average Bonchev–Trinajstić information content (AvgIpc) is 2.82. The van der Waals surface area contributed by atoms with Gasteiger partial charge in [0.1, 0.15) is 11.3 Å². The summed E-state index contributed by atoms with van der Waals surface area (Å²) in [7, 11) is 1.64. The fraction of sp³-hybridized carbons (Fsp3) is 0.312. The minimum absolute atomic E-state index is 0.293. The molecule has 0 radical (unpaired) electrons. The molecule has 5 nitrogen and oxygen atoms in total. The third kappa shape index (κ3) is 2.68. The zero-order chi connectivity index (χ0) is 17.6. The van der Waals surface area contributed by atoms with E-state index < -0.39 is 11.7 Å². The Labute approximate surface area is 135 Å².